The minimum atomic E-state index is -5.43. The fraction of sp³-hybridized carbons (Fsp3) is 0.143. The predicted octanol–water partition coefficient (Wildman–Crippen LogP) is 1.19. The summed E-state index contributed by atoms with van der Waals surface area (Å²) in [4.78, 5) is 13.2. The number of pyridine rings is 1. The van der Waals surface area contributed by atoms with Crippen molar-refractivity contribution in [3.63, 3.8) is 0 Å². The van der Waals surface area contributed by atoms with Gasteiger partial charge >= 0.3 is 5.51 Å². The molecule has 15 heavy (non-hydrogen) atoms. The van der Waals surface area contributed by atoms with Crippen LogP contribution in [-0.4, -0.2) is 25.2 Å². The second-order valence-corrected chi connectivity index (χ2v) is 4.38. The smallest absolute Gasteiger partial charge is 0.298 e. The number of halogens is 3. The van der Waals surface area contributed by atoms with Gasteiger partial charge in [-0.15, -0.1) is 0 Å². The van der Waals surface area contributed by atoms with E-state index in [1.54, 1.807) is 0 Å². The van der Waals surface area contributed by atoms with Crippen molar-refractivity contribution in [1.29, 1.82) is 0 Å². The second kappa shape index (κ2) is 3.61. The van der Waals surface area contributed by atoms with Gasteiger partial charge in [0.2, 0.25) is 0 Å². The largest absolute Gasteiger partial charge is 0.503 e. The molecule has 1 rings (SSSR count). The first-order valence-corrected chi connectivity index (χ1v) is 5.00. The number of carbonyl (C=O) groups is 1. The van der Waals surface area contributed by atoms with Crippen molar-refractivity contribution in [1.82, 2.24) is 4.98 Å². The van der Waals surface area contributed by atoms with Gasteiger partial charge in [-0.2, -0.15) is 13.2 Å². The quantitative estimate of drug-likeness (QED) is 0.727. The summed E-state index contributed by atoms with van der Waals surface area (Å²) in [5.41, 5.74) is -5.39. The molecule has 0 amide bonds. The summed E-state index contributed by atoms with van der Waals surface area (Å²) in [6.07, 6.45) is 1.10. The number of rotatable bonds is 2. The molecule has 0 aliphatic rings. The first kappa shape index (κ1) is 11.6. The molecule has 0 aromatic carbocycles. The van der Waals surface area contributed by atoms with Gasteiger partial charge in [0.25, 0.3) is 9.84 Å². The molecule has 4 nitrogen and oxygen atoms in total. The standard InChI is InChI=1S/C7H4F3NO3S/c8-7(9,10)15(13,14)6-2-1-5(4-12)3-11-6/h1-4H. The Labute approximate surface area is 82.7 Å². The highest BCUT2D eigenvalue weighted by Gasteiger charge is 2.47. The molecule has 0 spiro atoms. The van der Waals surface area contributed by atoms with E-state index in [9.17, 15) is 26.4 Å². The van der Waals surface area contributed by atoms with Gasteiger partial charge in [0.15, 0.2) is 11.3 Å². The molecule has 0 N–H and O–H groups in total. The van der Waals surface area contributed by atoms with Crippen LogP contribution < -0.4 is 0 Å². The van der Waals surface area contributed by atoms with Crippen LogP contribution in [0.1, 0.15) is 10.4 Å². The van der Waals surface area contributed by atoms with E-state index < -0.39 is 20.4 Å². The molecule has 0 bridgehead atoms. The third kappa shape index (κ3) is 2.14. The zero-order valence-electron chi connectivity index (χ0n) is 7.02. The Kier molecular flexibility index (Phi) is 2.80. The Balaban J connectivity index is 3.24. The van der Waals surface area contributed by atoms with Gasteiger partial charge in [0.1, 0.15) is 0 Å². The highest BCUT2D eigenvalue weighted by Crippen LogP contribution is 2.28. The van der Waals surface area contributed by atoms with Crippen LogP contribution in [-0.2, 0) is 9.84 Å². The van der Waals surface area contributed by atoms with Crippen LogP contribution in [0.4, 0.5) is 13.2 Å². The highest BCUT2D eigenvalue weighted by atomic mass is 32.2. The molecule has 0 atom stereocenters. The van der Waals surface area contributed by atoms with Crippen molar-refractivity contribution in [2.45, 2.75) is 10.5 Å². The summed E-state index contributed by atoms with van der Waals surface area (Å²) < 4.78 is 57.6. The normalized spacial score (nSPS) is 12.5. The van der Waals surface area contributed by atoms with Crippen molar-refractivity contribution < 1.29 is 26.4 Å². The lowest BCUT2D eigenvalue weighted by Gasteiger charge is -2.06. The highest BCUT2D eigenvalue weighted by molar-refractivity contribution is 7.92. The molecular formula is C7H4F3NO3S. The molecular weight excluding hydrogens is 235 g/mol. The molecule has 1 aromatic rings. The molecule has 82 valence electrons. The predicted molar refractivity (Wildman–Crippen MR) is 42.9 cm³/mol. The molecule has 0 unspecified atom stereocenters. The average Bonchev–Trinajstić information content (AvgIpc) is 2.16. The monoisotopic (exact) mass is 239 g/mol. The minimum absolute atomic E-state index is 0.00359. The van der Waals surface area contributed by atoms with E-state index >= 15 is 0 Å². The van der Waals surface area contributed by atoms with Crippen LogP contribution in [0.2, 0.25) is 0 Å². The molecule has 0 radical (unpaired) electrons. The molecule has 0 aliphatic heterocycles. The molecule has 1 aromatic heterocycles. The molecule has 0 aliphatic carbocycles. The van der Waals surface area contributed by atoms with Gasteiger partial charge in [-0.3, -0.25) is 4.79 Å². The molecule has 0 saturated heterocycles. The number of nitrogens with zero attached hydrogens (tertiary/aromatic N) is 1. The minimum Gasteiger partial charge on any atom is -0.298 e. The van der Waals surface area contributed by atoms with Crippen molar-refractivity contribution >= 4 is 16.1 Å². The Morgan fingerprint density at radius 2 is 1.87 bits per heavy atom. The fourth-order valence-electron chi connectivity index (χ4n) is 0.739. The molecule has 8 heteroatoms. The SMILES string of the molecule is O=Cc1ccc(S(=O)(=O)C(F)(F)F)nc1. The Morgan fingerprint density at radius 3 is 2.20 bits per heavy atom. The summed E-state index contributed by atoms with van der Waals surface area (Å²) in [7, 11) is -5.43. The maximum absolute atomic E-state index is 12.0. The summed E-state index contributed by atoms with van der Waals surface area (Å²) >= 11 is 0. The van der Waals surface area contributed by atoms with Gasteiger partial charge in [0, 0.05) is 11.8 Å². The second-order valence-electron chi connectivity index (χ2n) is 2.50. The third-order valence-electron chi connectivity index (χ3n) is 1.48. The zero-order valence-corrected chi connectivity index (χ0v) is 7.84. The number of aromatic nitrogens is 1. The lowest BCUT2D eigenvalue weighted by atomic mass is 10.3. The number of hydrogen-bond donors (Lipinski definition) is 0. The van der Waals surface area contributed by atoms with Crippen LogP contribution >= 0.6 is 0 Å². The summed E-state index contributed by atoms with van der Waals surface area (Å²) in [5, 5.41) is -1.12. The third-order valence-corrected chi connectivity index (χ3v) is 2.88. The van der Waals surface area contributed by atoms with E-state index in [2.05, 4.69) is 4.98 Å². The van der Waals surface area contributed by atoms with Crippen LogP contribution in [0.15, 0.2) is 23.4 Å². The Bertz CT molecular complexity index is 463. The van der Waals surface area contributed by atoms with E-state index in [0.717, 1.165) is 12.3 Å². The van der Waals surface area contributed by atoms with Gasteiger partial charge in [-0.1, -0.05) is 0 Å². The number of sulfone groups is 1. The number of aldehydes is 1. The van der Waals surface area contributed by atoms with Gasteiger partial charge in [0.05, 0.1) is 0 Å². The fourth-order valence-corrected chi connectivity index (χ4v) is 1.41. The number of alkyl halides is 3. The summed E-state index contributed by atoms with van der Waals surface area (Å²) in [6.45, 7) is 0. The van der Waals surface area contributed by atoms with E-state index in [0.29, 0.717) is 12.4 Å². The van der Waals surface area contributed by atoms with E-state index in [-0.39, 0.29) is 5.56 Å². The van der Waals surface area contributed by atoms with Crippen LogP contribution in [0, 0.1) is 0 Å². The van der Waals surface area contributed by atoms with Crippen molar-refractivity contribution in [3.05, 3.63) is 23.9 Å². The molecule has 0 saturated carbocycles. The molecule has 1 heterocycles. The topological polar surface area (TPSA) is 64.1 Å². The van der Waals surface area contributed by atoms with Crippen molar-refractivity contribution in [3.8, 4) is 0 Å². The van der Waals surface area contributed by atoms with Crippen molar-refractivity contribution in [2.75, 3.05) is 0 Å². The van der Waals surface area contributed by atoms with Crippen molar-refractivity contribution in [2.24, 2.45) is 0 Å². The average molecular weight is 239 g/mol. The number of hydrogen-bond acceptors (Lipinski definition) is 4. The lowest BCUT2D eigenvalue weighted by molar-refractivity contribution is -0.0438. The van der Waals surface area contributed by atoms with E-state index in [1.807, 2.05) is 0 Å². The zero-order chi connectivity index (χ0) is 11.7. The van der Waals surface area contributed by atoms with E-state index in [1.165, 1.54) is 0 Å². The van der Waals surface area contributed by atoms with Gasteiger partial charge < -0.3 is 0 Å². The van der Waals surface area contributed by atoms with Crippen LogP contribution in [0.5, 0.6) is 0 Å². The first-order valence-electron chi connectivity index (χ1n) is 3.51. The summed E-state index contributed by atoms with van der Waals surface area (Å²) in [5.74, 6) is 0. The van der Waals surface area contributed by atoms with E-state index in [4.69, 9.17) is 0 Å². The maximum atomic E-state index is 12.0. The summed E-state index contributed by atoms with van der Waals surface area (Å²) in [6, 6.07) is 1.57. The van der Waals surface area contributed by atoms with Crippen LogP contribution in [0.3, 0.4) is 0 Å². The Morgan fingerprint density at radius 1 is 1.27 bits per heavy atom. The maximum Gasteiger partial charge on any atom is 0.503 e. The lowest BCUT2D eigenvalue weighted by Crippen LogP contribution is -2.24. The van der Waals surface area contributed by atoms with Gasteiger partial charge in [-0.05, 0) is 12.1 Å². The first-order chi connectivity index (χ1) is 6.79. The number of carbonyl (C=O) groups excluding carboxylic acids is 1. The molecule has 0 fully saturated rings. The van der Waals surface area contributed by atoms with Crippen LogP contribution in [0.25, 0.3) is 0 Å². The van der Waals surface area contributed by atoms with Gasteiger partial charge in [-0.25, -0.2) is 13.4 Å². The Hall–Kier alpha value is -1.44.